The van der Waals surface area contributed by atoms with E-state index in [1.54, 1.807) is 48.5 Å². The van der Waals surface area contributed by atoms with Crippen LogP contribution in [0.1, 0.15) is 48.5 Å². The van der Waals surface area contributed by atoms with E-state index in [4.69, 9.17) is 44.0 Å². The summed E-state index contributed by atoms with van der Waals surface area (Å²) in [5.74, 6) is -0.217. The number of benzene rings is 3. The molecule has 180 valence electrons. The number of ether oxygens (including phenoxy) is 1. The van der Waals surface area contributed by atoms with Crippen molar-refractivity contribution in [3.8, 4) is 16.9 Å². The van der Waals surface area contributed by atoms with Gasteiger partial charge in [-0.25, -0.2) is 4.79 Å². The summed E-state index contributed by atoms with van der Waals surface area (Å²) in [4.78, 5) is 26.2. The van der Waals surface area contributed by atoms with E-state index >= 15 is 0 Å². The molecular formula is C28H23Cl3O4. The Balaban J connectivity index is 1.74. The summed E-state index contributed by atoms with van der Waals surface area (Å²) in [6.45, 7) is 2.14. The second kappa shape index (κ2) is 11.3. The Morgan fingerprint density at radius 2 is 1.69 bits per heavy atom. The molecule has 0 saturated carbocycles. The molecule has 0 aliphatic rings. The number of rotatable bonds is 8. The summed E-state index contributed by atoms with van der Waals surface area (Å²) in [5.41, 5.74) is 2.36. The molecule has 4 nitrogen and oxygen atoms in total. The van der Waals surface area contributed by atoms with Crippen LogP contribution in [0.25, 0.3) is 22.1 Å². The number of hydrogen-bond acceptors (Lipinski definition) is 4. The van der Waals surface area contributed by atoms with Gasteiger partial charge in [-0.3, -0.25) is 4.79 Å². The molecule has 4 aromatic rings. The maximum absolute atomic E-state index is 13.3. The summed E-state index contributed by atoms with van der Waals surface area (Å²) in [6, 6.07) is 14.9. The molecular weight excluding hydrogens is 507 g/mol. The first kappa shape index (κ1) is 25.3. The van der Waals surface area contributed by atoms with E-state index in [-0.39, 0.29) is 16.0 Å². The predicted molar refractivity (Wildman–Crippen MR) is 142 cm³/mol. The van der Waals surface area contributed by atoms with Gasteiger partial charge in [-0.1, -0.05) is 73.1 Å². The van der Waals surface area contributed by atoms with Crippen molar-refractivity contribution in [2.24, 2.45) is 0 Å². The van der Waals surface area contributed by atoms with Gasteiger partial charge in [0, 0.05) is 11.1 Å². The summed E-state index contributed by atoms with van der Waals surface area (Å²) in [7, 11) is 0. The number of hydrogen-bond donors (Lipinski definition) is 0. The van der Waals surface area contributed by atoms with Crippen molar-refractivity contribution in [2.75, 3.05) is 0 Å². The van der Waals surface area contributed by atoms with E-state index in [0.717, 1.165) is 31.2 Å². The standard InChI is InChI=1S/C28H23Cl3O4/c1-2-3-4-5-6-18-13-21-26(34-16-22(27(21)32)17-7-10-20(29)11-8-17)15-25(18)35-28(33)19-9-12-23(30)24(31)14-19/h7-16H,2-6H2,1H3. The number of carbonyl (C=O) groups excluding carboxylic acids is 1. The Hall–Kier alpha value is -2.79. The molecule has 4 rings (SSSR count). The minimum atomic E-state index is -0.571. The Bertz CT molecular complexity index is 1430. The number of carbonyl (C=O) groups is 1. The van der Waals surface area contributed by atoms with Crippen LogP contribution in [-0.4, -0.2) is 5.97 Å². The van der Waals surface area contributed by atoms with E-state index in [9.17, 15) is 9.59 Å². The van der Waals surface area contributed by atoms with Crippen molar-refractivity contribution in [3.05, 3.63) is 97.3 Å². The first-order valence-corrected chi connectivity index (χ1v) is 12.5. The highest BCUT2D eigenvalue weighted by Gasteiger charge is 2.17. The zero-order valence-electron chi connectivity index (χ0n) is 19.1. The first-order valence-electron chi connectivity index (χ1n) is 11.4. The van der Waals surface area contributed by atoms with Crippen LogP contribution in [0.5, 0.6) is 5.75 Å². The number of unbranched alkanes of at least 4 members (excludes halogenated alkanes) is 3. The Morgan fingerprint density at radius 3 is 2.40 bits per heavy atom. The number of aryl methyl sites for hydroxylation is 1. The largest absolute Gasteiger partial charge is 0.463 e. The van der Waals surface area contributed by atoms with Crippen LogP contribution in [0.3, 0.4) is 0 Å². The van der Waals surface area contributed by atoms with Gasteiger partial charge in [0.2, 0.25) is 5.43 Å². The lowest BCUT2D eigenvalue weighted by Crippen LogP contribution is -2.11. The molecule has 0 amide bonds. The average Bonchev–Trinajstić information content (AvgIpc) is 2.85. The van der Waals surface area contributed by atoms with Crippen molar-refractivity contribution in [1.29, 1.82) is 0 Å². The fourth-order valence-electron chi connectivity index (χ4n) is 3.85. The van der Waals surface area contributed by atoms with Gasteiger partial charge in [0.1, 0.15) is 17.6 Å². The highest BCUT2D eigenvalue weighted by Crippen LogP contribution is 2.30. The van der Waals surface area contributed by atoms with Gasteiger partial charge in [0.25, 0.3) is 0 Å². The Morgan fingerprint density at radius 1 is 0.914 bits per heavy atom. The van der Waals surface area contributed by atoms with Crippen molar-refractivity contribution >= 4 is 51.7 Å². The molecule has 0 atom stereocenters. The van der Waals surface area contributed by atoms with Crippen LogP contribution < -0.4 is 10.2 Å². The van der Waals surface area contributed by atoms with E-state index < -0.39 is 5.97 Å². The number of halogens is 3. The van der Waals surface area contributed by atoms with E-state index in [0.29, 0.717) is 44.3 Å². The smallest absolute Gasteiger partial charge is 0.343 e. The van der Waals surface area contributed by atoms with Crippen molar-refractivity contribution in [3.63, 3.8) is 0 Å². The highest BCUT2D eigenvalue weighted by atomic mass is 35.5. The fraction of sp³-hybridized carbons (Fsp3) is 0.214. The molecule has 0 spiro atoms. The third-order valence-corrected chi connectivity index (χ3v) is 6.76. The van der Waals surface area contributed by atoms with E-state index in [1.807, 2.05) is 0 Å². The fourth-order valence-corrected chi connectivity index (χ4v) is 4.27. The SMILES string of the molecule is CCCCCCc1cc2c(=O)c(-c3ccc(Cl)cc3)coc2cc1OC(=O)c1ccc(Cl)c(Cl)c1. The van der Waals surface area contributed by atoms with Gasteiger partial charge < -0.3 is 9.15 Å². The molecule has 35 heavy (non-hydrogen) atoms. The van der Waals surface area contributed by atoms with Crippen LogP contribution in [0.4, 0.5) is 0 Å². The van der Waals surface area contributed by atoms with Crippen LogP contribution in [0.2, 0.25) is 15.1 Å². The first-order chi connectivity index (χ1) is 16.9. The summed E-state index contributed by atoms with van der Waals surface area (Å²) < 4.78 is 11.5. The summed E-state index contributed by atoms with van der Waals surface area (Å²) >= 11 is 18.0. The average molecular weight is 530 g/mol. The van der Waals surface area contributed by atoms with Gasteiger partial charge in [0.05, 0.1) is 26.6 Å². The summed E-state index contributed by atoms with van der Waals surface area (Å²) in [5, 5.41) is 1.63. The quantitative estimate of drug-likeness (QED) is 0.130. The minimum Gasteiger partial charge on any atom is -0.463 e. The van der Waals surface area contributed by atoms with Crippen LogP contribution >= 0.6 is 34.8 Å². The van der Waals surface area contributed by atoms with Crippen LogP contribution in [0.15, 0.2) is 70.1 Å². The second-order valence-corrected chi connectivity index (χ2v) is 9.52. The molecule has 0 bridgehead atoms. The molecule has 3 aromatic carbocycles. The lowest BCUT2D eigenvalue weighted by Gasteiger charge is -2.12. The molecule has 7 heteroatoms. The monoisotopic (exact) mass is 528 g/mol. The Labute approximate surface area is 218 Å². The molecule has 0 fully saturated rings. The van der Waals surface area contributed by atoms with Gasteiger partial charge in [-0.15, -0.1) is 0 Å². The third-order valence-electron chi connectivity index (χ3n) is 5.77. The van der Waals surface area contributed by atoms with Crippen molar-refractivity contribution in [1.82, 2.24) is 0 Å². The topological polar surface area (TPSA) is 56.5 Å². The van der Waals surface area contributed by atoms with Crippen LogP contribution in [0, 0.1) is 0 Å². The second-order valence-electron chi connectivity index (χ2n) is 8.27. The number of fused-ring (bicyclic) bond motifs is 1. The molecule has 0 N–H and O–H groups in total. The summed E-state index contributed by atoms with van der Waals surface area (Å²) in [6.07, 6.45) is 6.22. The molecule has 0 aliphatic carbocycles. The number of esters is 1. The zero-order chi connectivity index (χ0) is 24.9. The van der Waals surface area contributed by atoms with Gasteiger partial charge in [0.15, 0.2) is 0 Å². The van der Waals surface area contributed by atoms with Gasteiger partial charge in [-0.05, 0) is 60.4 Å². The highest BCUT2D eigenvalue weighted by molar-refractivity contribution is 6.42. The van der Waals surface area contributed by atoms with Crippen molar-refractivity contribution in [2.45, 2.75) is 39.0 Å². The zero-order valence-corrected chi connectivity index (χ0v) is 21.3. The maximum atomic E-state index is 13.3. The van der Waals surface area contributed by atoms with E-state index in [1.165, 1.54) is 12.3 Å². The predicted octanol–water partition coefficient (Wildman–Crippen LogP) is 8.76. The molecule has 1 aromatic heterocycles. The van der Waals surface area contributed by atoms with Crippen molar-refractivity contribution < 1.29 is 13.9 Å². The maximum Gasteiger partial charge on any atom is 0.343 e. The molecule has 0 unspecified atom stereocenters. The van der Waals surface area contributed by atoms with Gasteiger partial charge in [-0.2, -0.15) is 0 Å². The van der Waals surface area contributed by atoms with Crippen LogP contribution in [-0.2, 0) is 6.42 Å². The lowest BCUT2D eigenvalue weighted by atomic mass is 10.0. The normalized spacial score (nSPS) is 11.1. The third kappa shape index (κ3) is 5.90. The van der Waals surface area contributed by atoms with E-state index in [2.05, 4.69) is 6.92 Å². The molecule has 0 radical (unpaired) electrons. The van der Waals surface area contributed by atoms with Gasteiger partial charge >= 0.3 is 5.97 Å². The lowest BCUT2D eigenvalue weighted by molar-refractivity contribution is 0.0733. The molecule has 0 aliphatic heterocycles. The Kier molecular flexibility index (Phi) is 8.17. The molecule has 0 saturated heterocycles. The molecule has 1 heterocycles. The minimum absolute atomic E-state index is 0.161.